The van der Waals surface area contributed by atoms with Crippen LogP contribution in [0, 0.1) is 0 Å². The molecule has 11 heavy (non-hydrogen) atoms. The average Bonchev–Trinajstić information content (AvgIpc) is 1.86. The predicted octanol–water partition coefficient (Wildman–Crippen LogP) is 2.31. The normalized spacial score (nSPS) is 13.3. The number of hydrogen-bond acceptors (Lipinski definition) is 0. The van der Waals surface area contributed by atoms with Gasteiger partial charge in [0, 0.05) is 19.4 Å². The summed E-state index contributed by atoms with van der Waals surface area (Å²) in [4.78, 5) is 0. The van der Waals surface area contributed by atoms with Gasteiger partial charge in [-0.3, -0.25) is 0 Å². The molecule has 0 aliphatic heterocycles. The van der Waals surface area contributed by atoms with Gasteiger partial charge in [-0.15, -0.1) is 0 Å². The highest BCUT2D eigenvalue weighted by Gasteiger charge is 2.31. The zero-order valence-corrected chi connectivity index (χ0v) is 8.94. The molecule has 65 valence electrons. The van der Waals surface area contributed by atoms with Crippen molar-refractivity contribution in [1.29, 1.82) is 0 Å². The molecule has 0 aliphatic carbocycles. The molecule has 1 nitrogen and oxygen atoms in total. The minimum atomic E-state index is 0.375. The van der Waals surface area contributed by atoms with E-state index in [0.29, 0.717) is 5.31 Å². The molecule has 0 amide bonds. The highest BCUT2D eigenvalue weighted by atomic mass is 15.2. The molecule has 0 unspecified atom stereocenters. The Morgan fingerprint density at radius 2 is 1.64 bits per heavy atom. The van der Waals surface area contributed by atoms with Gasteiger partial charge in [0.2, 0.25) is 0 Å². The molecule has 0 heterocycles. The summed E-state index contributed by atoms with van der Waals surface area (Å²) in [6.45, 7) is 10.2. The Morgan fingerprint density at radius 1 is 1.18 bits per heavy atom. The molecule has 0 saturated carbocycles. The first-order valence-electron chi connectivity index (χ1n) is 4.53. The van der Waals surface area contributed by atoms with Gasteiger partial charge >= 0.3 is 7.41 Å². The highest BCUT2D eigenvalue weighted by molar-refractivity contribution is 6.31. The van der Waals surface area contributed by atoms with E-state index in [1.54, 1.807) is 0 Å². The summed E-state index contributed by atoms with van der Waals surface area (Å²) in [6.07, 6.45) is 1.22. The van der Waals surface area contributed by atoms with Crippen molar-refractivity contribution in [2.45, 2.75) is 39.4 Å². The molecule has 0 spiro atoms. The van der Waals surface area contributed by atoms with Gasteiger partial charge in [-0.2, -0.15) is 0 Å². The minimum absolute atomic E-state index is 0.375. The van der Waals surface area contributed by atoms with Crippen LogP contribution in [0.5, 0.6) is 0 Å². The van der Waals surface area contributed by atoms with Gasteiger partial charge in [0.15, 0.2) is 0 Å². The van der Waals surface area contributed by atoms with E-state index in [2.05, 4.69) is 49.2 Å². The summed E-state index contributed by atoms with van der Waals surface area (Å²) in [5.74, 6) is 0. The zero-order valence-electron chi connectivity index (χ0n) is 8.94. The number of quaternary nitrogens is 1. The van der Waals surface area contributed by atoms with Crippen LogP contribution in [0.2, 0.25) is 5.31 Å². The van der Waals surface area contributed by atoms with Crippen LogP contribution in [-0.2, 0) is 0 Å². The monoisotopic (exact) mass is 155 g/mol. The average molecular weight is 155 g/mol. The van der Waals surface area contributed by atoms with Crippen molar-refractivity contribution in [2.24, 2.45) is 0 Å². The number of rotatable bonds is 4. The smallest absolute Gasteiger partial charge is 0.400 e. The highest BCUT2D eigenvalue weighted by Crippen LogP contribution is 2.28. The number of nitrogens with zero attached hydrogens (tertiary/aromatic N) is 1. The quantitative estimate of drug-likeness (QED) is 0.546. The van der Waals surface area contributed by atoms with E-state index >= 15 is 0 Å². The molecular weight excluding hydrogens is 133 g/mol. The van der Waals surface area contributed by atoms with Crippen molar-refractivity contribution in [3.8, 4) is 0 Å². The molecule has 0 aromatic carbocycles. The predicted molar refractivity (Wildman–Crippen MR) is 52.7 cm³/mol. The molecule has 0 aromatic rings. The summed E-state index contributed by atoms with van der Waals surface area (Å²) >= 11 is 0. The maximum absolute atomic E-state index is 2.42. The summed E-state index contributed by atoms with van der Waals surface area (Å²) in [5, 5.41) is 0.375. The van der Waals surface area contributed by atoms with E-state index in [-0.39, 0.29) is 0 Å². The van der Waals surface area contributed by atoms with Crippen LogP contribution >= 0.6 is 0 Å². The first-order chi connectivity index (χ1) is 4.83. The Kier molecular flexibility index (Phi) is 3.63. The topological polar surface area (TPSA) is 0 Å². The van der Waals surface area contributed by atoms with Crippen molar-refractivity contribution in [1.82, 2.24) is 0 Å². The van der Waals surface area contributed by atoms with E-state index in [1.165, 1.54) is 13.0 Å². The zero-order chi connectivity index (χ0) is 9.12. The molecule has 0 saturated heterocycles. The maximum atomic E-state index is 2.42. The fourth-order valence-corrected chi connectivity index (χ4v) is 1.13. The lowest BCUT2D eigenvalue weighted by molar-refractivity contribution is -0.778. The van der Waals surface area contributed by atoms with Gasteiger partial charge < -0.3 is 4.39 Å². The molecule has 0 atom stereocenters. The Hall–Kier alpha value is 0.0249. The van der Waals surface area contributed by atoms with E-state index in [9.17, 15) is 0 Å². The fourth-order valence-electron chi connectivity index (χ4n) is 1.13. The lowest BCUT2D eigenvalue weighted by atomic mass is 9.59. The second kappa shape index (κ2) is 3.62. The summed E-state index contributed by atoms with van der Waals surface area (Å²) < 4.78 is 1.01. The molecule has 1 radical (unpaired) electrons. The molecular formula is C9H22BN+. The van der Waals surface area contributed by atoms with Crippen molar-refractivity contribution in [3.63, 3.8) is 0 Å². The molecule has 0 fully saturated rings. The van der Waals surface area contributed by atoms with E-state index in [0.717, 1.165) is 4.39 Å². The molecule has 0 rings (SSSR count). The van der Waals surface area contributed by atoms with Crippen LogP contribution in [0.1, 0.15) is 34.1 Å². The number of hydrogen-bond donors (Lipinski definition) is 0. The van der Waals surface area contributed by atoms with Gasteiger partial charge in [-0.25, -0.2) is 0 Å². The van der Waals surface area contributed by atoms with Gasteiger partial charge in [0.05, 0.1) is 6.54 Å². The molecule has 0 aliphatic rings. The molecule has 0 N–H and O–H groups in total. The first-order valence-corrected chi connectivity index (χ1v) is 4.53. The molecule has 2 heteroatoms. The van der Waals surface area contributed by atoms with Crippen molar-refractivity contribution < 1.29 is 4.39 Å². The Balaban J connectivity index is 4.02. The first kappa shape index (κ1) is 11.0. The third-order valence-corrected chi connectivity index (χ3v) is 2.43. The van der Waals surface area contributed by atoms with Crippen LogP contribution < -0.4 is 0 Å². The summed E-state index contributed by atoms with van der Waals surface area (Å²) in [7, 11) is 6.92. The van der Waals surface area contributed by atoms with Crippen LogP contribution in [0.4, 0.5) is 0 Å². The van der Waals surface area contributed by atoms with Crippen LogP contribution in [0.3, 0.4) is 0 Å². The Bertz CT molecular complexity index is 105. The largest absolute Gasteiger partial charge is 0.452 e. The van der Waals surface area contributed by atoms with Gasteiger partial charge in [-0.05, 0) is 6.92 Å². The Morgan fingerprint density at radius 3 is 1.91 bits per heavy atom. The third kappa shape index (κ3) is 4.46. The maximum Gasteiger partial charge on any atom is 0.452 e. The van der Waals surface area contributed by atoms with E-state index in [1.807, 2.05) is 0 Å². The van der Waals surface area contributed by atoms with Crippen LogP contribution in [0.25, 0.3) is 0 Å². The summed E-state index contributed by atoms with van der Waals surface area (Å²) in [5.41, 5.74) is 0. The SMILES string of the molecule is CCC(C)(C)[B][N+](C)(C)CC. The van der Waals surface area contributed by atoms with E-state index in [4.69, 9.17) is 0 Å². The third-order valence-electron chi connectivity index (χ3n) is 2.43. The van der Waals surface area contributed by atoms with Gasteiger partial charge in [0.25, 0.3) is 0 Å². The minimum Gasteiger partial charge on any atom is -0.400 e. The fraction of sp³-hybridized carbons (Fsp3) is 1.00. The van der Waals surface area contributed by atoms with E-state index < -0.39 is 0 Å². The molecule has 0 bridgehead atoms. The molecule has 0 aromatic heterocycles. The van der Waals surface area contributed by atoms with Gasteiger partial charge in [0.1, 0.15) is 0 Å². The van der Waals surface area contributed by atoms with Crippen molar-refractivity contribution >= 4 is 7.41 Å². The standard InChI is InChI=1S/C9H22BN/c1-7-9(3,4)10-11(5,6)8-2/h7-8H2,1-6H3/q+1. The second-order valence-electron chi connectivity index (χ2n) is 4.57. The van der Waals surface area contributed by atoms with Crippen LogP contribution in [-0.4, -0.2) is 32.4 Å². The lowest BCUT2D eigenvalue weighted by Crippen LogP contribution is -2.47. The second-order valence-corrected chi connectivity index (χ2v) is 4.57. The van der Waals surface area contributed by atoms with Crippen molar-refractivity contribution in [3.05, 3.63) is 0 Å². The summed E-state index contributed by atoms with van der Waals surface area (Å²) in [6, 6.07) is 0. The van der Waals surface area contributed by atoms with Crippen LogP contribution in [0.15, 0.2) is 0 Å². The Labute approximate surface area is 72.6 Å². The van der Waals surface area contributed by atoms with Crippen molar-refractivity contribution in [2.75, 3.05) is 20.6 Å². The van der Waals surface area contributed by atoms with Gasteiger partial charge in [-0.1, -0.05) is 27.2 Å². The lowest BCUT2D eigenvalue weighted by Gasteiger charge is -2.33.